The molecular formula is C10H13ClFNO. The molecular weight excluding hydrogens is 205 g/mol. The Morgan fingerprint density at radius 1 is 1.43 bits per heavy atom. The van der Waals surface area contributed by atoms with E-state index in [1.165, 1.54) is 13.2 Å². The zero-order valence-electron chi connectivity index (χ0n) is 7.92. The molecule has 0 radical (unpaired) electrons. The number of benzene rings is 1. The third-order valence-corrected chi connectivity index (χ3v) is 2.50. The van der Waals surface area contributed by atoms with E-state index in [1.54, 1.807) is 12.1 Å². The number of hydrogen-bond acceptors (Lipinski definition) is 2. The molecule has 0 unspecified atom stereocenters. The molecule has 4 heteroatoms. The summed E-state index contributed by atoms with van der Waals surface area (Å²) in [7, 11) is 1.52. The molecule has 0 aromatic heterocycles. The molecule has 2 rings (SSSR count). The molecule has 0 atom stereocenters. The molecule has 1 saturated carbocycles. The van der Waals surface area contributed by atoms with Crippen LogP contribution in [0.4, 0.5) is 4.39 Å². The minimum absolute atomic E-state index is 0. The molecule has 1 aliphatic rings. The van der Waals surface area contributed by atoms with Crippen molar-refractivity contribution in [3.8, 4) is 5.75 Å². The van der Waals surface area contributed by atoms with Crippen molar-refractivity contribution in [1.29, 1.82) is 0 Å². The van der Waals surface area contributed by atoms with Crippen LogP contribution in [0.25, 0.3) is 0 Å². The lowest BCUT2D eigenvalue weighted by Crippen LogP contribution is -2.20. The van der Waals surface area contributed by atoms with Crippen LogP contribution >= 0.6 is 12.4 Å². The molecule has 0 heterocycles. The highest BCUT2D eigenvalue weighted by Crippen LogP contribution is 2.44. The lowest BCUT2D eigenvalue weighted by molar-refractivity contribution is 0.410. The van der Waals surface area contributed by atoms with Crippen molar-refractivity contribution in [1.82, 2.24) is 0 Å². The maximum atomic E-state index is 13.4. The summed E-state index contributed by atoms with van der Waals surface area (Å²) >= 11 is 0. The van der Waals surface area contributed by atoms with Crippen LogP contribution in [0.2, 0.25) is 0 Å². The first-order valence-corrected chi connectivity index (χ1v) is 4.29. The predicted octanol–water partition coefficient (Wildman–Crippen LogP) is 2.20. The molecule has 0 aliphatic heterocycles. The summed E-state index contributed by atoms with van der Waals surface area (Å²) in [5, 5.41) is 0. The summed E-state index contributed by atoms with van der Waals surface area (Å²) in [6.45, 7) is 0. The average molecular weight is 218 g/mol. The second-order valence-corrected chi connectivity index (χ2v) is 3.50. The highest BCUT2D eigenvalue weighted by atomic mass is 35.5. The van der Waals surface area contributed by atoms with E-state index in [0.717, 1.165) is 12.8 Å². The molecule has 1 aromatic rings. The number of methoxy groups -OCH3 is 1. The second-order valence-electron chi connectivity index (χ2n) is 3.50. The Balaban J connectivity index is 0.000000980. The Bertz CT molecular complexity index is 339. The maximum Gasteiger partial charge on any atom is 0.131 e. The van der Waals surface area contributed by atoms with Gasteiger partial charge in [-0.2, -0.15) is 0 Å². The SMILES string of the molecule is COc1ccc(C2(N)CC2)c(F)c1.Cl. The molecule has 0 bridgehead atoms. The quantitative estimate of drug-likeness (QED) is 0.825. The fraction of sp³-hybridized carbons (Fsp3) is 0.400. The zero-order chi connectivity index (χ0) is 9.47. The van der Waals surface area contributed by atoms with E-state index < -0.39 is 5.54 Å². The Kier molecular flexibility index (Phi) is 3.02. The monoisotopic (exact) mass is 217 g/mol. The first-order valence-electron chi connectivity index (χ1n) is 4.29. The summed E-state index contributed by atoms with van der Waals surface area (Å²) in [6.07, 6.45) is 1.74. The van der Waals surface area contributed by atoms with Crippen molar-refractivity contribution >= 4 is 12.4 Å². The van der Waals surface area contributed by atoms with E-state index in [-0.39, 0.29) is 18.2 Å². The van der Waals surface area contributed by atoms with Crippen molar-refractivity contribution in [2.75, 3.05) is 7.11 Å². The Morgan fingerprint density at radius 2 is 2.07 bits per heavy atom. The van der Waals surface area contributed by atoms with Gasteiger partial charge in [-0.3, -0.25) is 0 Å². The zero-order valence-corrected chi connectivity index (χ0v) is 8.73. The molecule has 1 fully saturated rings. The minimum atomic E-state index is -0.406. The van der Waals surface area contributed by atoms with E-state index in [1.807, 2.05) is 0 Å². The van der Waals surface area contributed by atoms with Crippen LogP contribution in [0.1, 0.15) is 18.4 Å². The van der Waals surface area contributed by atoms with Gasteiger partial charge in [0.05, 0.1) is 7.11 Å². The number of hydrogen-bond donors (Lipinski definition) is 1. The first-order chi connectivity index (χ1) is 6.15. The average Bonchev–Trinajstić information content (AvgIpc) is 2.84. The normalized spacial score (nSPS) is 17.1. The van der Waals surface area contributed by atoms with Gasteiger partial charge in [-0.05, 0) is 18.9 Å². The van der Waals surface area contributed by atoms with Crippen LogP contribution in [-0.4, -0.2) is 7.11 Å². The Morgan fingerprint density at radius 3 is 2.50 bits per heavy atom. The van der Waals surface area contributed by atoms with Gasteiger partial charge in [0.2, 0.25) is 0 Å². The van der Waals surface area contributed by atoms with Gasteiger partial charge in [-0.25, -0.2) is 4.39 Å². The molecule has 0 spiro atoms. The maximum absolute atomic E-state index is 13.4. The van der Waals surface area contributed by atoms with Crippen LogP contribution in [0.3, 0.4) is 0 Å². The minimum Gasteiger partial charge on any atom is -0.497 e. The van der Waals surface area contributed by atoms with Gasteiger partial charge in [0.25, 0.3) is 0 Å². The molecule has 2 nitrogen and oxygen atoms in total. The van der Waals surface area contributed by atoms with E-state index in [0.29, 0.717) is 11.3 Å². The Labute approximate surface area is 88.7 Å². The highest BCUT2D eigenvalue weighted by molar-refractivity contribution is 5.85. The molecule has 0 amide bonds. The first kappa shape index (κ1) is 11.3. The van der Waals surface area contributed by atoms with Crippen LogP contribution in [0, 0.1) is 5.82 Å². The fourth-order valence-corrected chi connectivity index (χ4v) is 1.43. The van der Waals surface area contributed by atoms with Gasteiger partial charge in [-0.15, -0.1) is 12.4 Å². The van der Waals surface area contributed by atoms with Crippen molar-refractivity contribution in [2.45, 2.75) is 18.4 Å². The van der Waals surface area contributed by atoms with Gasteiger partial charge in [0.1, 0.15) is 11.6 Å². The third kappa shape index (κ3) is 1.83. The van der Waals surface area contributed by atoms with Crippen LogP contribution in [0.5, 0.6) is 5.75 Å². The van der Waals surface area contributed by atoms with Crippen LogP contribution < -0.4 is 10.5 Å². The van der Waals surface area contributed by atoms with Gasteiger partial charge >= 0.3 is 0 Å². The van der Waals surface area contributed by atoms with Crippen molar-refractivity contribution < 1.29 is 9.13 Å². The summed E-state index contributed by atoms with van der Waals surface area (Å²) in [5.41, 5.74) is 6.08. The second kappa shape index (κ2) is 3.75. The van der Waals surface area contributed by atoms with Crippen molar-refractivity contribution in [3.05, 3.63) is 29.6 Å². The number of rotatable bonds is 2. The van der Waals surface area contributed by atoms with Gasteiger partial charge in [0.15, 0.2) is 0 Å². The van der Waals surface area contributed by atoms with Crippen LogP contribution in [-0.2, 0) is 5.54 Å². The van der Waals surface area contributed by atoms with E-state index >= 15 is 0 Å². The number of nitrogens with two attached hydrogens (primary N) is 1. The summed E-state index contributed by atoms with van der Waals surface area (Å²) < 4.78 is 18.3. The van der Waals surface area contributed by atoms with Crippen molar-refractivity contribution in [3.63, 3.8) is 0 Å². The fourth-order valence-electron chi connectivity index (χ4n) is 1.43. The molecule has 1 aromatic carbocycles. The van der Waals surface area contributed by atoms with Crippen LogP contribution in [0.15, 0.2) is 18.2 Å². The van der Waals surface area contributed by atoms with Crippen molar-refractivity contribution in [2.24, 2.45) is 5.73 Å². The topological polar surface area (TPSA) is 35.2 Å². The lowest BCUT2D eigenvalue weighted by atomic mass is 10.1. The molecule has 14 heavy (non-hydrogen) atoms. The third-order valence-electron chi connectivity index (χ3n) is 2.50. The molecule has 78 valence electrons. The molecule has 2 N–H and O–H groups in total. The van der Waals surface area contributed by atoms with E-state index in [9.17, 15) is 4.39 Å². The number of halogens is 2. The van der Waals surface area contributed by atoms with Gasteiger partial charge < -0.3 is 10.5 Å². The van der Waals surface area contributed by atoms with E-state index in [4.69, 9.17) is 10.5 Å². The molecule has 0 saturated heterocycles. The summed E-state index contributed by atoms with van der Waals surface area (Å²) in [5.74, 6) is 0.268. The van der Waals surface area contributed by atoms with Gasteiger partial charge in [0, 0.05) is 17.2 Å². The lowest BCUT2D eigenvalue weighted by Gasteiger charge is -2.10. The highest BCUT2D eigenvalue weighted by Gasteiger charge is 2.41. The predicted molar refractivity (Wildman–Crippen MR) is 55.3 cm³/mol. The standard InChI is InChI=1S/C10H12FNO.ClH/c1-13-7-2-3-8(9(11)6-7)10(12)4-5-10;/h2-3,6H,4-5,12H2,1H3;1H. The smallest absolute Gasteiger partial charge is 0.131 e. The molecule has 1 aliphatic carbocycles. The summed E-state index contributed by atoms with van der Waals surface area (Å²) in [6, 6.07) is 4.83. The number of ether oxygens (including phenoxy) is 1. The Hall–Kier alpha value is -0.800. The van der Waals surface area contributed by atoms with E-state index in [2.05, 4.69) is 0 Å². The summed E-state index contributed by atoms with van der Waals surface area (Å²) in [4.78, 5) is 0. The largest absolute Gasteiger partial charge is 0.497 e. The van der Waals surface area contributed by atoms with Gasteiger partial charge in [-0.1, -0.05) is 6.07 Å².